The molecule has 6 heteroatoms. The van der Waals surface area contributed by atoms with Gasteiger partial charge in [-0.1, -0.05) is 29.8 Å². The number of carbonyl (C=O) groups excluding carboxylic acids is 3. The highest BCUT2D eigenvalue weighted by Crippen LogP contribution is 2.34. The summed E-state index contributed by atoms with van der Waals surface area (Å²) in [4.78, 5) is 37.7. The highest BCUT2D eigenvalue weighted by Gasteiger charge is 2.47. The van der Waals surface area contributed by atoms with E-state index in [2.05, 4.69) is 5.32 Å². The number of anilines is 1. The van der Waals surface area contributed by atoms with Gasteiger partial charge in [-0.25, -0.2) is 0 Å². The maximum atomic E-state index is 12.3. The molecule has 0 spiro atoms. The molecule has 0 bridgehead atoms. The first-order valence-electron chi connectivity index (χ1n) is 7.12. The largest absolute Gasteiger partial charge is 0.324 e. The molecular formula is C16H15ClN2O3. The lowest BCUT2D eigenvalue weighted by Crippen LogP contribution is -2.38. The number of imide groups is 1. The van der Waals surface area contributed by atoms with Crippen molar-refractivity contribution in [3.05, 3.63) is 41.4 Å². The van der Waals surface area contributed by atoms with Gasteiger partial charge in [0.1, 0.15) is 6.54 Å². The molecule has 5 nitrogen and oxygen atoms in total. The van der Waals surface area contributed by atoms with Gasteiger partial charge >= 0.3 is 0 Å². The molecule has 0 unspecified atom stereocenters. The maximum absolute atomic E-state index is 12.3. The zero-order valence-electron chi connectivity index (χ0n) is 11.8. The molecule has 3 rings (SSSR count). The minimum absolute atomic E-state index is 0.249. The average Bonchev–Trinajstić information content (AvgIpc) is 2.73. The van der Waals surface area contributed by atoms with E-state index in [4.69, 9.17) is 11.6 Å². The Morgan fingerprint density at radius 2 is 1.82 bits per heavy atom. The number of rotatable bonds is 3. The summed E-state index contributed by atoms with van der Waals surface area (Å²) in [7, 11) is 0. The van der Waals surface area contributed by atoms with Gasteiger partial charge in [0.05, 0.1) is 11.8 Å². The number of fused-ring (bicyclic) bond motifs is 1. The van der Waals surface area contributed by atoms with Crippen LogP contribution in [0.5, 0.6) is 0 Å². The number of likely N-dealkylation sites (tertiary alicyclic amines) is 1. The van der Waals surface area contributed by atoms with Gasteiger partial charge in [-0.3, -0.25) is 19.3 Å². The number of amides is 3. The Kier molecular flexibility index (Phi) is 3.98. The smallest absolute Gasteiger partial charge is 0.244 e. The molecular weight excluding hydrogens is 304 g/mol. The van der Waals surface area contributed by atoms with E-state index in [9.17, 15) is 14.4 Å². The number of hydrogen-bond donors (Lipinski definition) is 1. The summed E-state index contributed by atoms with van der Waals surface area (Å²) in [6, 6.07) is 6.71. The lowest BCUT2D eigenvalue weighted by atomic mass is 9.85. The van der Waals surface area contributed by atoms with Gasteiger partial charge in [-0.15, -0.1) is 0 Å². The van der Waals surface area contributed by atoms with Gasteiger partial charge in [-0.05, 0) is 31.0 Å². The summed E-state index contributed by atoms with van der Waals surface area (Å²) in [6.45, 7) is -0.253. The average molecular weight is 319 g/mol. The van der Waals surface area contributed by atoms with Crippen LogP contribution in [0.4, 0.5) is 5.69 Å². The normalized spacial score (nSPS) is 23.6. The summed E-state index contributed by atoms with van der Waals surface area (Å²) in [5, 5.41) is 3.15. The number of benzene rings is 1. The number of carbonyl (C=O) groups is 3. The third kappa shape index (κ3) is 2.76. The fraction of sp³-hybridized carbons (Fsp3) is 0.312. The van der Waals surface area contributed by atoms with Crippen LogP contribution in [0.25, 0.3) is 0 Å². The summed E-state index contributed by atoms with van der Waals surface area (Å²) >= 11 is 5.85. The molecule has 2 aliphatic rings. The Morgan fingerprint density at radius 3 is 2.41 bits per heavy atom. The Hall–Kier alpha value is -2.14. The highest BCUT2D eigenvalue weighted by molar-refractivity contribution is 6.30. The lowest BCUT2D eigenvalue weighted by molar-refractivity contribution is -0.142. The quantitative estimate of drug-likeness (QED) is 0.686. The molecule has 0 aromatic heterocycles. The Morgan fingerprint density at radius 1 is 1.18 bits per heavy atom. The van der Waals surface area contributed by atoms with Crippen molar-refractivity contribution in [3.8, 4) is 0 Å². The summed E-state index contributed by atoms with van der Waals surface area (Å²) in [5.74, 6) is -1.52. The van der Waals surface area contributed by atoms with Crippen LogP contribution in [0, 0.1) is 11.8 Å². The van der Waals surface area contributed by atoms with Crippen LogP contribution in [0.2, 0.25) is 5.02 Å². The van der Waals surface area contributed by atoms with Crippen molar-refractivity contribution < 1.29 is 14.4 Å². The van der Waals surface area contributed by atoms with Crippen molar-refractivity contribution in [2.24, 2.45) is 11.8 Å². The third-order valence-corrected chi connectivity index (χ3v) is 4.24. The minimum Gasteiger partial charge on any atom is -0.324 e. The lowest BCUT2D eigenvalue weighted by Gasteiger charge is -2.14. The monoisotopic (exact) mass is 318 g/mol. The summed E-state index contributed by atoms with van der Waals surface area (Å²) < 4.78 is 0. The number of allylic oxidation sites excluding steroid dienone is 2. The van der Waals surface area contributed by atoms with Crippen molar-refractivity contribution in [3.63, 3.8) is 0 Å². The molecule has 1 fully saturated rings. The SMILES string of the molecule is O=C(CN1C(=O)[C@H]2CC=CC[C@H]2C1=O)Nc1cccc(Cl)c1. The first kappa shape index (κ1) is 14.8. The molecule has 0 radical (unpaired) electrons. The van der Waals surface area contributed by atoms with E-state index in [0.29, 0.717) is 23.6 Å². The second kappa shape index (κ2) is 5.93. The van der Waals surface area contributed by atoms with Crippen LogP contribution < -0.4 is 5.32 Å². The molecule has 2 atom stereocenters. The second-order valence-corrected chi connectivity index (χ2v) is 5.91. The van der Waals surface area contributed by atoms with E-state index in [1.165, 1.54) is 0 Å². The van der Waals surface area contributed by atoms with Crippen LogP contribution >= 0.6 is 11.6 Å². The molecule has 1 saturated heterocycles. The van der Waals surface area contributed by atoms with Crippen molar-refractivity contribution in [2.75, 3.05) is 11.9 Å². The zero-order chi connectivity index (χ0) is 15.7. The fourth-order valence-electron chi connectivity index (χ4n) is 2.94. The van der Waals surface area contributed by atoms with Crippen molar-refractivity contribution >= 4 is 35.0 Å². The molecule has 1 aromatic rings. The molecule has 114 valence electrons. The van der Waals surface area contributed by atoms with E-state index in [-0.39, 0.29) is 30.2 Å². The van der Waals surface area contributed by atoms with Crippen LogP contribution in [-0.2, 0) is 14.4 Å². The predicted octanol–water partition coefficient (Wildman–Crippen LogP) is 2.23. The molecule has 22 heavy (non-hydrogen) atoms. The maximum Gasteiger partial charge on any atom is 0.244 e. The van der Waals surface area contributed by atoms with Crippen LogP contribution in [0.1, 0.15) is 12.8 Å². The van der Waals surface area contributed by atoms with E-state index >= 15 is 0 Å². The number of nitrogens with zero attached hydrogens (tertiary/aromatic N) is 1. The molecule has 1 N–H and O–H groups in total. The molecule has 1 aliphatic carbocycles. The Balaban J connectivity index is 1.67. The van der Waals surface area contributed by atoms with E-state index in [1.807, 2.05) is 12.2 Å². The molecule has 1 aromatic carbocycles. The van der Waals surface area contributed by atoms with Crippen molar-refractivity contribution in [1.82, 2.24) is 4.90 Å². The zero-order valence-corrected chi connectivity index (χ0v) is 12.5. The van der Waals surface area contributed by atoms with Gasteiger partial charge in [0.15, 0.2) is 0 Å². The Labute approximate surface area is 132 Å². The van der Waals surface area contributed by atoms with Gasteiger partial charge < -0.3 is 5.32 Å². The highest BCUT2D eigenvalue weighted by atomic mass is 35.5. The molecule has 0 saturated carbocycles. The van der Waals surface area contributed by atoms with Crippen LogP contribution in [0.3, 0.4) is 0 Å². The third-order valence-electron chi connectivity index (χ3n) is 4.01. The van der Waals surface area contributed by atoms with Gasteiger partial charge in [0, 0.05) is 10.7 Å². The van der Waals surface area contributed by atoms with Crippen LogP contribution in [0.15, 0.2) is 36.4 Å². The van der Waals surface area contributed by atoms with E-state index in [0.717, 1.165) is 4.90 Å². The summed E-state index contributed by atoms with van der Waals surface area (Å²) in [5.41, 5.74) is 0.538. The first-order valence-corrected chi connectivity index (χ1v) is 7.49. The number of hydrogen-bond acceptors (Lipinski definition) is 3. The van der Waals surface area contributed by atoms with E-state index < -0.39 is 5.91 Å². The van der Waals surface area contributed by atoms with Gasteiger partial charge in [-0.2, -0.15) is 0 Å². The van der Waals surface area contributed by atoms with Crippen molar-refractivity contribution in [1.29, 1.82) is 0 Å². The minimum atomic E-state index is -0.407. The van der Waals surface area contributed by atoms with E-state index in [1.54, 1.807) is 24.3 Å². The standard InChI is InChI=1S/C16H15ClN2O3/c17-10-4-3-5-11(8-10)18-14(20)9-19-15(21)12-6-1-2-7-13(12)16(19)22/h1-5,8,12-13H,6-7,9H2,(H,18,20)/t12-,13+. The van der Waals surface area contributed by atoms with Crippen LogP contribution in [-0.4, -0.2) is 29.2 Å². The topological polar surface area (TPSA) is 66.5 Å². The molecule has 3 amide bonds. The first-order chi connectivity index (χ1) is 10.6. The molecule has 1 aliphatic heterocycles. The number of halogens is 1. The fourth-order valence-corrected chi connectivity index (χ4v) is 3.13. The van der Waals surface area contributed by atoms with Gasteiger partial charge in [0.2, 0.25) is 17.7 Å². The number of nitrogens with one attached hydrogen (secondary N) is 1. The van der Waals surface area contributed by atoms with Crippen molar-refractivity contribution in [2.45, 2.75) is 12.8 Å². The predicted molar refractivity (Wildman–Crippen MR) is 82.2 cm³/mol. The second-order valence-electron chi connectivity index (χ2n) is 5.48. The molecule has 1 heterocycles. The Bertz CT molecular complexity index is 645. The summed E-state index contributed by atoms with van der Waals surface area (Å²) in [6.07, 6.45) is 4.98. The van der Waals surface area contributed by atoms with Gasteiger partial charge in [0.25, 0.3) is 0 Å².